The summed E-state index contributed by atoms with van der Waals surface area (Å²) in [4.78, 5) is 27.5. The molecule has 0 aliphatic carbocycles. The molecule has 144 valence electrons. The summed E-state index contributed by atoms with van der Waals surface area (Å²) >= 11 is 3.42. The summed E-state index contributed by atoms with van der Waals surface area (Å²) in [5, 5.41) is 2.76. The Morgan fingerprint density at radius 2 is 1.82 bits per heavy atom. The fraction of sp³-hybridized carbons (Fsp3) is 0.143. The fourth-order valence-electron chi connectivity index (χ4n) is 2.79. The van der Waals surface area contributed by atoms with Gasteiger partial charge in [-0.05, 0) is 51.3 Å². The van der Waals surface area contributed by atoms with Crippen LogP contribution in [0.1, 0.15) is 15.9 Å². The Kier molecular flexibility index (Phi) is 6.16. The van der Waals surface area contributed by atoms with E-state index < -0.39 is 11.5 Å². The molecule has 1 aromatic heterocycles. The molecule has 0 bridgehead atoms. The van der Waals surface area contributed by atoms with Gasteiger partial charge in [-0.25, -0.2) is 0 Å². The molecule has 28 heavy (non-hydrogen) atoms. The minimum absolute atomic E-state index is 0.0548. The molecule has 0 fully saturated rings. The van der Waals surface area contributed by atoms with Crippen molar-refractivity contribution in [3.63, 3.8) is 0 Å². The molecule has 2 N–H and O–H groups in total. The number of amides is 1. The number of pyridine rings is 1. The van der Waals surface area contributed by atoms with Crippen LogP contribution in [0.4, 0.5) is 0 Å². The molecule has 1 amide bonds. The van der Waals surface area contributed by atoms with Crippen LogP contribution in [-0.2, 0) is 6.54 Å². The molecule has 6 nitrogen and oxygen atoms in total. The van der Waals surface area contributed by atoms with Crippen LogP contribution < -0.4 is 20.3 Å². The van der Waals surface area contributed by atoms with E-state index in [-0.39, 0.29) is 12.1 Å². The number of ether oxygens (including phenoxy) is 2. The summed E-state index contributed by atoms with van der Waals surface area (Å²) in [6.07, 6.45) is 0. The van der Waals surface area contributed by atoms with E-state index >= 15 is 0 Å². The maximum absolute atomic E-state index is 12.5. The van der Waals surface area contributed by atoms with Gasteiger partial charge in [0.25, 0.3) is 11.5 Å². The molecule has 7 heteroatoms. The van der Waals surface area contributed by atoms with Crippen molar-refractivity contribution in [2.24, 2.45) is 0 Å². The van der Waals surface area contributed by atoms with E-state index in [1.807, 2.05) is 36.4 Å². The molecule has 3 aromatic rings. The molecule has 1 heterocycles. The van der Waals surface area contributed by atoms with Crippen molar-refractivity contribution < 1.29 is 14.3 Å². The Morgan fingerprint density at radius 3 is 2.46 bits per heavy atom. The summed E-state index contributed by atoms with van der Waals surface area (Å²) in [7, 11) is 3.09. The standard InChI is InChI=1S/C21H19BrN2O4/c1-27-18-11-13(10-16(22)19(18)28-2)12-23-20(25)15-8-9-17(24-21(15)26)14-6-4-3-5-7-14/h3-11H,12H2,1-2H3,(H,23,25)(H,24,26). The molecule has 0 spiro atoms. The van der Waals surface area contributed by atoms with E-state index in [0.717, 1.165) is 11.1 Å². The molecule has 0 atom stereocenters. The maximum Gasteiger partial charge on any atom is 0.261 e. The fourth-order valence-corrected chi connectivity index (χ4v) is 3.44. The smallest absolute Gasteiger partial charge is 0.261 e. The Labute approximate surface area is 170 Å². The predicted molar refractivity (Wildman–Crippen MR) is 111 cm³/mol. The largest absolute Gasteiger partial charge is 0.493 e. The van der Waals surface area contributed by atoms with Crippen molar-refractivity contribution in [3.05, 3.63) is 80.6 Å². The highest BCUT2D eigenvalue weighted by molar-refractivity contribution is 9.10. The van der Waals surface area contributed by atoms with Gasteiger partial charge >= 0.3 is 0 Å². The molecule has 0 aliphatic heterocycles. The van der Waals surface area contributed by atoms with E-state index in [2.05, 4.69) is 26.2 Å². The van der Waals surface area contributed by atoms with Crippen molar-refractivity contribution in [1.82, 2.24) is 10.3 Å². The average Bonchev–Trinajstić information content (AvgIpc) is 2.72. The van der Waals surface area contributed by atoms with E-state index in [1.165, 1.54) is 6.07 Å². The van der Waals surface area contributed by atoms with Crippen LogP contribution in [0.15, 0.2) is 63.9 Å². The third-order valence-electron chi connectivity index (χ3n) is 4.19. The summed E-state index contributed by atoms with van der Waals surface area (Å²) in [5.41, 5.74) is 1.95. The number of nitrogens with one attached hydrogen (secondary N) is 2. The first-order chi connectivity index (χ1) is 13.5. The van der Waals surface area contributed by atoms with E-state index in [0.29, 0.717) is 21.7 Å². The summed E-state index contributed by atoms with van der Waals surface area (Å²) in [5.74, 6) is 0.670. The minimum atomic E-state index is -0.452. The van der Waals surface area contributed by atoms with Gasteiger partial charge in [-0.1, -0.05) is 30.3 Å². The SMILES string of the molecule is COc1cc(CNC(=O)c2ccc(-c3ccccc3)[nH]c2=O)cc(Br)c1OC. The van der Waals surface area contributed by atoms with Gasteiger partial charge in [-0.15, -0.1) is 0 Å². The highest BCUT2D eigenvalue weighted by Gasteiger charge is 2.14. The number of benzene rings is 2. The second kappa shape index (κ2) is 8.75. The Morgan fingerprint density at radius 1 is 1.07 bits per heavy atom. The summed E-state index contributed by atoms with van der Waals surface area (Å²) in [6, 6.07) is 16.3. The third-order valence-corrected chi connectivity index (χ3v) is 4.77. The normalized spacial score (nSPS) is 10.4. The summed E-state index contributed by atoms with van der Waals surface area (Å²) < 4.78 is 11.3. The molecular formula is C21H19BrN2O4. The molecule has 3 rings (SSSR count). The lowest BCUT2D eigenvalue weighted by molar-refractivity contribution is 0.0949. The van der Waals surface area contributed by atoms with Gasteiger partial charge in [0.05, 0.1) is 18.7 Å². The second-order valence-electron chi connectivity index (χ2n) is 5.98. The second-order valence-corrected chi connectivity index (χ2v) is 6.83. The van der Waals surface area contributed by atoms with Crippen LogP contribution in [0.5, 0.6) is 11.5 Å². The first kappa shape index (κ1) is 19.7. The Balaban J connectivity index is 1.75. The lowest BCUT2D eigenvalue weighted by atomic mass is 10.1. The van der Waals surface area contributed by atoms with Crippen molar-refractivity contribution in [1.29, 1.82) is 0 Å². The molecule has 0 saturated heterocycles. The van der Waals surface area contributed by atoms with Crippen LogP contribution >= 0.6 is 15.9 Å². The number of carbonyl (C=O) groups excluding carboxylic acids is 1. The van der Waals surface area contributed by atoms with Gasteiger partial charge in [-0.2, -0.15) is 0 Å². The zero-order valence-electron chi connectivity index (χ0n) is 15.4. The molecule has 0 aliphatic rings. The average molecular weight is 443 g/mol. The van der Waals surface area contributed by atoms with Crippen molar-refractivity contribution in [3.8, 4) is 22.8 Å². The highest BCUT2D eigenvalue weighted by Crippen LogP contribution is 2.36. The number of hydrogen-bond acceptors (Lipinski definition) is 4. The topological polar surface area (TPSA) is 80.4 Å². The van der Waals surface area contributed by atoms with Crippen molar-refractivity contribution >= 4 is 21.8 Å². The van der Waals surface area contributed by atoms with Gasteiger partial charge in [0, 0.05) is 12.2 Å². The van der Waals surface area contributed by atoms with Gasteiger partial charge in [-0.3, -0.25) is 9.59 Å². The number of aromatic nitrogens is 1. The zero-order chi connectivity index (χ0) is 20.1. The molecule has 0 saturated carbocycles. The lowest BCUT2D eigenvalue weighted by Crippen LogP contribution is -2.29. The predicted octanol–water partition coefficient (Wildman–Crippen LogP) is 3.75. The molecule has 0 unspecified atom stereocenters. The monoisotopic (exact) mass is 442 g/mol. The van der Waals surface area contributed by atoms with Crippen LogP contribution in [0.2, 0.25) is 0 Å². The van der Waals surface area contributed by atoms with Crippen molar-refractivity contribution in [2.45, 2.75) is 6.54 Å². The Bertz CT molecular complexity index is 1050. The van der Waals surface area contributed by atoms with E-state index in [9.17, 15) is 9.59 Å². The number of halogens is 1. The molecule has 0 radical (unpaired) electrons. The first-order valence-electron chi connectivity index (χ1n) is 8.51. The minimum Gasteiger partial charge on any atom is -0.493 e. The number of methoxy groups -OCH3 is 2. The van der Waals surface area contributed by atoms with Gasteiger partial charge in [0.1, 0.15) is 5.56 Å². The number of carbonyl (C=O) groups is 1. The van der Waals surface area contributed by atoms with Gasteiger partial charge in [0.2, 0.25) is 0 Å². The summed E-state index contributed by atoms with van der Waals surface area (Å²) in [6.45, 7) is 0.234. The first-order valence-corrected chi connectivity index (χ1v) is 9.30. The number of rotatable bonds is 6. The number of hydrogen-bond donors (Lipinski definition) is 2. The quantitative estimate of drug-likeness (QED) is 0.608. The third kappa shape index (κ3) is 4.26. The van der Waals surface area contributed by atoms with Gasteiger partial charge in [0.15, 0.2) is 11.5 Å². The van der Waals surface area contributed by atoms with E-state index in [1.54, 1.807) is 26.4 Å². The zero-order valence-corrected chi connectivity index (χ0v) is 17.0. The van der Waals surface area contributed by atoms with Crippen LogP contribution in [0.25, 0.3) is 11.3 Å². The van der Waals surface area contributed by atoms with Crippen molar-refractivity contribution in [2.75, 3.05) is 14.2 Å². The number of H-pyrrole nitrogens is 1. The maximum atomic E-state index is 12.5. The lowest BCUT2D eigenvalue weighted by Gasteiger charge is -2.12. The van der Waals surface area contributed by atoms with Crippen LogP contribution in [0.3, 0.4) is 0 Å². The van der Waals surface area contributed by atoms with Crippen LogP contribution in [0, 0.1) is 0 Å². The molecular weight excluding hydrogens is 424 g/mol. The Hall–Kier alpha value is -3.06. The van der Waals surface area contributed by atoms with E-state index in [4.69, 9.17) is 9.47 Å². The number of aromatic amines is 1. The molecule has 2 aromatic carbocycles. The van der Waals surface area contributed by atoms with Gasteiger partial charge < -0.3 is 19.8 Å². The highest BCUT2D eigenvalue weighted by atomic mass is 79.9. The van der Waals surface area contributed by atoms with Crippen LogP contribution in [-0.4, -0.2) is 25.1 Å².